The first kappa shape index (κ1) is 22.0. The smallest absolute Gasteiger partial charge is 0.191 e. The molecule has 3 rings (SSSR count). The lowest BCUT2D eigenvalue weighted by molar-refractivity contribution is 0.198. The van der Waals surface area contributed by atoms with Crippen LogP contribution in [0.2, 0.25) is 0 Å². The van der Waals surface area contributed by atoms with Gasteiger partial charge < -0.3 is 20.1 Å². The number of benzene rings is 2. The first-order valence-corrected chi connectivity index (χ1v) is 10.8. The number of nitrogens with one attached hydrogen (secondary N) is 2. The minimum atomic E-state index is 0.469. The molecular formula is C24H34N4O2. The largest absolute Gasteiger partial charge is 0.497 e. The molecule has 0 atom stereocenters. The van der Waals surface area contributed by atoms with Crippen LogP contribution in [0, 0.1) is 0 Å². The summed E-state index contributed by atoms with van der Waals surface area (Å²) in [6, 6.07) is 18.9. The highest BCUT2D eigenvalue weighted by Crippen LogP contribution is 2.18. The predicted molar refractivity (Wildman–Crippen MR) is 122 cm³/mol. The molecule has 30 heavy (non-hydrogen) atoms. The van der Waals surface area contributed by atoms with Gasteiger partial charge >= 0.3 is 0 Å². The van der Waals surface area contributed by atoms with Crippen LogP contribution in [0.25, 0.3) is 0 Å². The molecule has 1 fully saturated rings. The van der Waals surface area contributed by atoms with Crippen molar-refractivity contribution in [1.82, 2.24) is 15.5 Å². The van der Waals surface area contributed by atoms with Gasteiger partial charge in [-0.2, -0.15) is 0 Å². The average Bonchev–Trinajstić information content (AvgIpc) is 2.80. The van der Waals surface area contributed by atoms with E-state index in [2.05, 4.69) is 50.9 Å². The highest BCUT2D eigenvalue weighted by Gasteiger charge is 2.19. The summed E-state index contributed by atoms with van der Waals surface area (Å²) in [5.41, 5.74) is 1.39. The van der Waals surface area contributed by atoms with Gasteiger partial charge in [0.05, 0.1) is 13.7 Å². The van der Waals surface area contributed by atoms with Crippen molar-refractivity contribution < 1.29 is 9.47 Å². The summed E-state index contributed by atoms with van der Waals surface area (Å²) in [5.74, 6) is 2.52. The van der Waals surface area contributed by atoms with E-state index in [1.807, 2.05) is 31.3 Å². The van der Waals surface area contributed by atoms with E-state index in [9.17, 15) is 0 Å². The van der Waals surface area contributed by atoms with E-state index < -0.39 is 0 Å². The van der Waals surface area contributed by atoms with E-state index in [4.69, 9.17) is 9.47 Å². The first-order valence-electron chi connectivity index (χ1n) is 10.8. The molecule has 0 amide bonds. The van der Waals surface area contributed by atoms with E-state index in [1.54, 1.807) is 7.11 Å². The van der Waals surface area contributed by atoms with Crippen LogP contribution >= 0.6 is 0 Å². The summed E-state index contributed by atoms with van der Waals surface area (Å²) in [5, 5.41) is 6.97. The van der Waals surface area contributed by atoms with Gasteiger partial charge in [-0.05, 0) is 37.0 Å². The molecule has 0 unspecified atom stereocenters. The van der Waals surface area contributed by atoms with E-state index in [-0.39, 0.29) is 0 Å². The van der Waals surface area contributed by atoms with Gasteiger partial charge in [-0.1, -0.05) is 36.4 Å². The molecular weight excluding hydrogens is 376 g/mol. The van der Waals surface area contributed by atoms with Crippen molar-refractivity contribution in [3.63, 3.8) is 0 Å². The van der Waals surface area contributed by atoms with E-state index in [0.29, 0.717) is 12.6 Å². The van der Waals surface area contributed by atoms with Gasteiger partial charge in [0.25, 0.3) is 0 Å². The lowest BCUT2D eigenvalue weighted by atomic mass is 10.0. The summed E-state index contributed by atoms with van der Waals surface area (Å²) in [6.45, 7) is 4.72. The van der Waals surface area contributed by atoms with Crippen LogP contribution in [0.15, 0.2) is 59.6 Å². The number of nitrogens with zero attached hydrogens (tertiary/aromatic N) is 2. The molecule has 2 aromatic rings. The summed E-state index contributed by atoms with van der Waals surface area (Å²) in [4.78, 5) is 6.90. The second-order valence-electron chi connectivity index (χ2n) is 7.56. The fraction of sp³-hybridized carbons (Fsp3) is 0.458. The Morgan fingerprint density at radius 2 is 1.83 bits per heavy atom. The Morgan fingerprint density at radius 3 is 2.57 bits per heavy atom. The molecule has 0 radical (unpaired) electrons. The van der Waals surface area contributed by atoms with Crippen molar-refractivity contribution >= 4 is 5.96 Å². The van der Waals surface area contributed by atoms with E-state index in [1.165, 1.54) is 5.56 Å². The number of methoxy groups -OCH3 is 1. The standard InChI is InChI=1S/C24H34N4O2/c1-25-24(26-14-7-17-30-23-11-6-10-22(18-23)29-2)27-21-12-15-28(16-13-21)19-20-8-4-3-5-9-20/h3-6,8-11,18,21H,7,12-17,19H2,1-2H3,(H2,25,26,27). The molecule has 0 aromatic heterocycles. The molecule has 6 nitrogen and oxygen atoms in total. The average molecular weight is 411 g/mol. The topological polar surface area (TPSA) is 58.1 Å². The summed E-state index contributed by atoms with van der Waals surface area (Å²) in [7, 11) is 3.49. The van der Waals surface area contributed by atoms with Crippen molar-refractivity contribution in [2.45, 2.75) is 31.8 Å². The van der Waals surface area contributed by atoms with Crippen molar-refractivity contribution in [3.8, 4) is 11.5 Å². The fourth-order valence-corrected chi connectivity index (χ4v) is 3.62. The molecule has 6 heteroatoms. The van der Waals surface area contributed by atoms with Crippen molar-refractivity contribution in [2.75, 3.05) is 40.4 Å². The molecule has 1 aliphatic rings. The normalized spacial score (nSPS) is 15.6. The Kier molecular flexibility index (Phi) is 8.84. The third kappa shape index (κ3) is 7.26. The maximum atomic E-state index is 5.79. The lowest BCUT2D eigenvalue weighted by Gasteiger charge is -2.33. The molecule has 1 aliphatic heterocycles. The maximum absolute atomic E-state index is 5.79. The van der Waals surface area contributed by atoms with E-state index in [0.717, 1.165) is 62.9 Å². The molecule has 2 N–H and O–H groups in total. The fourth-order valence-electron chi connectivity index (χ4n) is 3.62. The van der Waals surface area contributed by atoms with E-state index >= 15 is 0 Å². The Hall–Kier alpha value is -2.73. The van der Waals surface area contributed by atoms with Crippen LogP contribution in [0.1, 0.15) is 24.8 Å². The van der Waals surface area contributed by atoms with Crippen molar-refractivity contribution in [2.24, 2.45) is 4.99 Å². The molecule has 1 saturated heterocycles. The number of aliphatic imine (C=N–C) groups is 1. The van der Waals surface area contributed by atoms with Gasteiger partial charge in [-0.25, -0.2) is 0 Å². The minimum Gasteiger partial charge on any atom is -0.497 e. The van der Waals surface area contributed by atoms with Crippen LogP contribution in [0.3, 0.4) is 0 Å². The molecule has 162 valence electrons. The summed E-state index contributed by atoms with van der Waals surface area (Å²) >= 11 is 0. The number of hydrogen-bond donors (Lipinski definition) is 2. The quantitative estimate of drug-likeness (QED) is 0.377. The Balaban J connectivity index is 1.30. The molecule has 0 bridgehead atoms. The molecule has 0 saturated carbocycles. The summed E-state index contributed by atoms with van der Waals surface area (Å²) in [6.07, 6.45) is 3.16. The highest BCUT2D eigenvalue weighted by atomic mass is 16.5. The van der Waals surface area contributed by atoms with Gasteiger partial charge in [0.2, 0.25) is 0 Å². The van der Waals surface area contributed by atoms with Crippen LogP contribution in [0.4, 0.5) is 0 Å². The number of hydrogen-bond acceptors (Lipinski definition) is 4. The second-order valence-corrected chi connectivity index (χ2v) is 7.56. The van der Waals surface area contributed by atoms with Crippen molar-refractivity contribution in [1.29, 1.82) is 0 Å². The zero-order valence-electron chi connectivity index (χ0n) is 18.1. The van der Waals surface area contributed by atoms with Gasteiger partial charge in [-0.3, -0.25) is 9.89 Å². The summed E-state index contributed by atoms with van der Waals surface area (Å²) < 4.78 is 11.0. The zero-order valence-corrected chi connectivity index (χ0v) is 18.1. The highest BCUT2D eigenvalue weighted by molar-refractivity contribution is 5.79. The van der Waals surface area contributed by atoms with Gasteiger partial charge in [0, 0.05) is 45.3 Å². The Morgan fingerprint density at radius 1 is 1.07 bits per heavy atom. The molecule has 1 heterocycles. The van der Waals surface area contributed by atoms with Gasteiger partial charge in [0.15, 0.2) is 5.96 Å². The maximum Gasteiger partial charge on any atom is 0.191 e. The number of guanidine groups is 1. The van der Waals surface area contributed by atoms with Crippen molar-refractivity contribution in [3.05, 3.63) is 60.2 Å². The van der Waals surface area contributed by atoms with Gasteiger partial charge in [-0.15, -0.1) is 0 Å². The molecule has 2 aromatic carbocycles. The van der Waals surface area contributed by atoms with Gasteiger partial charge in [0.1, 0.15) is 11.5 Å². The van der Waals surface area contributed by atoms with Crippen LogP contribution in [-0.2, 0) is 6.54 Å². The number of ether oxygens (including phenoxy) is 2. The Labute approximate surface area is 180 Å². The monoisotopic (exact) mass is 410 g/mol. The number of piperidine rings is 1. The lowest BCUT2D eigenvalue weighted by Crippen LogP contribution is -2.48. The second kappa shape index (κ2) is 12.1. The number of likely N-dealkylation sites (tertiary alicyclic amines) is 1. The third-order valence-corrected chi connectivity index (χ3v) is 5.32. The SMILES string of the molecule is CN=C(NCCCOc1cccc(OC)c1)NC1CCN(Cc2ccccc2)CC1. The predicted octanol–water partition coefficient (Wildman–Crippen LogP) is 3.29. The van der Waals surface area contributed by atoms with Crippen LogP contribution in [0.5, 0.6) is 11.5 Å². The van der Waals surface area contributed by atoms with Crippen LogP contribution < -0.4 is 20.1 Å². The first-order chi connectivity index (χ1) is 14.8. The zero-order chi connectivity index (χ0) is 21.0. The third-order valence-electron chi connectivity index (χ3n) is 5.32. The van der Waals surface area contributed by atoms with Crippen LogP contribution in [-0.4, -0.2) is 57.3 Å². The molecule has 0 spiro atoms. The number of rotatable bonds is 9. The molecule has 0 aliphatic carbocycles. The minimum absolute atomic E-state index is 0.469. The Bertz CT molecular complexity index is 774.